The van der Waals surface area contributed by atoms with E-state index in [-0.39, 0.29) is 0 Å². The number of carbonyl (C=O) groups is 1. The fourth-order valence-electron chi connectivity index (χ4n) is 2.32. The highest BCUT2D eigenvalue weighted by molar-refractivity contribution is 6.30. The Bertz CT molecular complexity index is 898. The van der Waals surface area contributed by atoms with Gasteiger partial charge in [0.1, 0.15) is 11.4 Å². The summed E-state index contributed by atoms with van der Waals surface area (Å²) in [5.74, 6) is 0.234. The quantitative estimate of drug-likeness (QED) is 0.748. The summed E-state index contributed by atoms with van der Waals surface area (Å²) in [4.78, 5) is 15.7. The van der Waals surface area contributed by atoms with Crippen LogP contribution in [-0.4, -0.2) is 22.4 Å². The van der Waals surface area contributed by atoms with Crippen LogP contribution in [0.5, 0.6) is 5.75 Å². The molecule has 2 N–H and O–H groups in total. The van der Waals surface area contributed by atoms with Crippen LogP contribution in [-0.2, 0) is 4.79 Å². The second-order valence-electron chi connectivity index (χ2n) is 4.89. The first kappa shape index (κ1) is 15.1. The number of imidazole rings is 1. The third-order valence-electron chi connectivity index (χ3n) is 3.39. The molecule has 0 aliphatic rings. The first-order chi connectivity index (χ1) is 11.1. The van der Waals surface area contributed by atoms with Crippen LogP contribution in [0.15, 0.2) is 48.7 Å². The standard InChI is InChI=1S/C17H14ClN3O2/c1-23-13-5-2-11(3-6-13)17-14(7-8-15(19)22)21-10-12(18)4-9-16(21)20-17/h2-10H,1H3,(H2,19,22)/b8-7-. The molecule has 2 heterocycles. The molecule has 0 aliphatic heterocycles. The van der Waals surface area contributed by atoms with Gasteiger partial charge in [-0.05, 0) is 42.5 Å². The van der Waals surface area contributed by atoms with E-state index >= 15 is 0 Å². The zero-order chi connectivity index (χ0) is 16.4. The zero-order valence-electron chi connectivity index (χ0n) is 12.4. The van der Waals surface area contributed by atoms with Crippen molar-refractivity contribution in [3.8, 4) is 17.0 Å². The predicted octanol–water partition coefficient (Wildman–Crippen LogP) is 3.16. The zero-order valence-corrected chi connectivity index (χ0v) is 13.1. The number of hydrogen-bond acceptors (Lipinski definition) is 3. The Hall–Kier alpha value is -2.79. The van der Waals surface area contributed by atoms with Gasteiger partial charge in [-0.25, -0.2) is 4.98 Å². The van der Waals surface area contributed by atoms with E-state index in [9.17, 15) is 4.79 Å². The number of halogens is 1. The van der Waals surface area contributed by atoms with Gasteiger partial charge in [0.2, 0.25) is 5.91 Å². The second-order valence-corrected chi connectivity index (χ2v) is 5.32. The SMILES string of the molecule is COc1ccc(-c2nc3ccc(Cl)cn3c2/C=C\C(N)=O)cc1. The summed E-state index contributed by atoms with van der Waals surface area (Å²) >= 11 is 6.07. The van der Waals surface area contributed by atoms with Crippen molar-refractivity contribution < 1.29 is 9.53 Å². The molecule has 1 amide bonds. The molecule has 6 heteroatoms. The Morgan fingerprint density at radius 2 is 2.00 bits per heavy atom. The monoisotopic (exact) mass is 327 g/mol. The number of pyridine rings is 1. The lowest BCUT2D eigenvalue weighted by atomic mass is 10.1. The van der Waals surface area contributed by atoms with Crippen LogP contribution in [0.2, 0.25) is 5.02 Å². The van der Waals surface area contributed by atoms with E-state index in [1.54, 1.807) is 25.4 Å². The summed E-state index contributed by atoms with van der Waals surface area (Å²) in [6.45, 7) is 0. The van der Waals surface area contributed by atoms with Crippen molar-refractivity contribution in [2.24, 2.45) is 5.73 Å². The molecule has 0 spiro atoms. The number of aromatic nitrogens is 2. The van der Waals surface area contributed by atoms with Gasteiger partial charge in [0.25, 0.3) is 0 Å². The van der Waals surface area contributed by atoms with Crippen molar-refractivity contribution in [3.63, 3.8) is 0 Å². The lowest BCUT2D eigenvalue weighted by Crippen LogP contribution is -2.05. The molecule has 0 saturated heterocycles. The Kier molecular flexibility index (Phi) is 4.04. The minimum atomic E-state index is -0.525. The Labute approximate surface area is 138 Å². The summed E-state index contributed by atoms with van der Waals surface area (Å²) in [6, 6.07) is 11.1. The van der Waals surface area contributed by atoms with Crippen LogP contribution in [0.25, 0.3) is 23.0 Å². The fraction of sp³-hybridized carbons (Fsp3) is 0.0588. The fourth-order valence-corrected chi connectivity index (χ4v) is 2.48. The minimum absolute atomic E-state index is 0.525. The summed E-state index contributed by atoms with van der Waals surface area (Å²) < 4.78 is 6.99. The highest BCUT2D eigenvalue weighted by Gasteiger charge is 2.12. The molecule has 0 aliphatic carbocycles. The lowest BCUT2D eigenvalue weighted by Gasteiger charge is -2.03. The van der Waals surface area contributed by atoms with Crippen molar-refractivity contribution in [2.75, 3.05) is 7.11 Å². The molecule has 5 nitrogen and oxygen atoms in total. The molecule has 0 radical (unpaired) electrons. The topological polar surface area (TPSA) is 69.6 Å². The molecule has 3 rings (SSSR count). The van der Waals surface area contributed by atoms with Crippen LogP contribution in [0.4, 0.5) is 0 Å². The van der Waals surface area contributed by atoms with Gasteiger partial charge in [-0.3, -0.25) is 9.20 Å². The van der Waals surface area contributed by atoms with Crippen LogP contribution in [0.1, 0.15) is 5.69 Å². The van der Waals surface area contributed by atoms with E-state index < -0.39 is 5.91 Å². The smallest absolute Gasteiger partial charge is 0.241 e. The number of ether oxygens (including phenoxy) is 1. The predicted molar refractivity (Wildman–Crippen MR) is 90.4 cm³/mol. The van der Waals surface area contributed by atoms with Gasteiger partial charge in [0, 0.05) is 17.8 Å². The van der Waals surface area contributed by atoms with Gasteiger partial charge in [0.15, 0.2) is 0 Å². The lowest BCUT2D eigenvalue weighted by molar-refractivity contribution is -0.113. The molecule has 0 bridgehead atoms. The molecule has 3 aromatic rings. The van der Waals surface area contributed by atoms with Crippen molar-refractivity contribution in [3.05, 3.63) is 59.4 Å². The molecule has 0 fully saturated rings. The number of methoxy groups -OCH3 is 1. The highest BCUT2D eigenvalue weighted by Crippen LogP contribution is 2.28. The Balaban J connectivity index is 2.21. The van der Waals surface area contributed by atoms with E-state index in [4.69, 9.17) is 22.1 Å². The number of hydrogen-bond donors (Lipinski definition) is 1. The summed E-state index contributed by atoms with van der Waals surface area (Å²) in [5.41, 5.74) is 8.29. The van der Waals surface area contributed by atoms with Gasteiger partial charge >= 0.3 is 0 Å². The molecule has 0 unspecified atom stereocenters. The van der Waals surface area contributed by atoms with E-state index in [2.05, 4.69) is 4.98 Å². The summed E-state index contributed by atoms with van der Waals surface area (Å²) in [7, 11) is 1.61. The van der Waals surface area contributed by atoms with E-state index in [0.717, 1.165) is 28.3 Å². The second kappa shape index (κ2) is 6.14. The molecule has 2 aromatic heterocycles. The molecule has 1 aromatic carbocycles. The number of fused-ring (bicyclic) bond motifs is 1. The van der Waals surface area contributed by atoms with Crippen molar-refractivity contribution in [2.45, 2.75) is 0 Å². The molecule has 116 valence electrons. The van der Waals surface area contributed by atoms with E-state index in [1.807, 2.05) is 34.7 Å². The molecule has 0 saturated carbocycles. The number of nitrogens with zero attached hydrogens (tertiary/aromatic N) is 2. The first-order valence-corrected chi connectivity index (χ1v) is 7.26. The van der Waals surface area contributed by atoms with E-state index in [1.165, 1.54) is 6.08 Å². The number of carbonyl (C=O) groups excluding carboxylic acids is 1. The average molecular weight is 328 g/mol. The third-order valence-corrected chi connectivity index (χ3v) is 3.61. The van der Waals surface area contributed by atoms with Gasteiger partial charge < -0.3 is 10.5 Å². The maximum atomic E-state index is 11.1. The van der Waals surface area contributed by atoms with Crippen LogP contribution in [0.3, 0.4) is 0 Å². The van der Waals surface area contributed by atoms with Crippen molar-refractivity contribution in [1.29, 1.82) is 0 Å². The summed E-state index contributed by atoms with van der Waals surface area (Å²) in [6.07, 6.45) is 4.69. The largest absolute Gasteiger partial charge is 0.497 e. The van der Waals surface area contributed by atoms with Gasteiger partial charge in [-0.15, -0.1) is 0 Å². The van der Waals surface area contributed by atoms with Crippen LogP contribution in [0, 0.1) is 0 Å². The molecular formula is C17H14ClN3O2. The van der Waals surface area contributed by atoms with Crippen LogP contribution >= 0.6 is 11.6 Å². The highest BCUT2D eigenvalue weighted by atomic mass is 35.5. The number of benzene rings is 1. The average Bonchev–Trinajstić information content (AvgIpc) is 2.90. The molecule has 23 heavy (non-hydrogen) atoms. The van der Waals surface area contributed by atoms with E-state index in [0.29, 0.717) is 5.02 Å². The number of rotatable bonds is 4. The van der Waals surface area contributed by atoms with Gasteiger partial charge in [0.05, 0.1) is 23.5 Å². The normalized spacial score (nSPS) is 11.2. The number of nitrogens with two attached hydrogens (primary N) is 1. The number of amides is 1. The molecule has 0 atom stereocenters. The molecular weight excluding hydrogens is 314 g/mol. The maximum absolute atomic E-state index is 11.1. The number of primary amides is 1. The maximum Gasteiger partial charge on any atom is 0.241 e. The van der Waals surface area contributed by atoms with Crippen molar-refractivity contribution in [1.82, 2.24) is 9.38 Å². The third kappa shape index (κ3) is 3.05. The van der Waals surface area contributed by atoms with Gasteiger partial charge in [-0.1, -0.05) is 11.6 Å². The Morgan fingerprint density at radius 1 is 1.26 bits per heavy atom. The van der Waals surface area contributed by atoms with Crippen molar-refractivity contribution >= 4 is 29.2 Å². The minimum Gasteiger partial charge on any atom is -0.497 e. The summed E-state index contributed by atoms with van der Waals surface area (Å²) in [5, 5.41) is 0.574. The Morgan fingerprint density at radius 3 is 2.65 bits per heavy atom. The first-order valence-electron chi connectivity index (χ1n) is 6.88. The van der Waals surface area contributed by atoms with Gasteiger partial charge in [-0.2, -0.15) is 0 Å². The van der Waals surface area contributed by atoms with Crippen LogP contribution < -0.4 is 10.5 Å².